The minimum Gasteiger partial charge on any atom is -0.466 e. The van der Waals surface area contributed by atoms with Crippen molar-refractivity contribution in [2.45, 2.75) is 76.8 Å². The number of rotatable bonds is 15. The van der Waals surface area contributed by atoms with Crippen molar-refractivity contribution in [3.8, 4) is 0 Å². The molecular formula is C25H34N11O11P. The second kappa shape index (κ2) is 16.1. The van der Waals surface area contributed by atoms with Crippen LogP contribution in [0, 0.1) is 13.8 Å². The van der Waals surface area contributed by atoms with Gasteiger partial charge in [0.15, 0.2) is 0 Å². The summed E-state index contributed by atoms with van der Waals surface area (Å²) in [6.45, 7) is 3.55. The Balaban J connectivity index is 1.51. The van der Waals surface area contributed by atoms with Gasteiger partial charge in [0.05, 0.1) is 50.5 Å². The summed E-state index contributed by atoms with van der Waals surface area (Å²) >= 11 is 0. The predicted octanol–water partition coefficient (Wildman–Crippen LogP) is 1.32. The van der Waals surface area contributed by atoms with Crippen molar-refractivity contribution >= 4 is 13.7 Å². The van der Waals surface area contributed by atoms with Crippen LogP contribution in [0.1, 0.15) is 49.8 Å². The fraction of sp³-hybridized carbons (Fsp3) is 0.640. The molecule has 0 spiro atoms. The van der Waals surface area contributed by atoms with Crippen LogP contribution in [0.2, 0.25) is 0 Å². The van der Waals surface area contributed by atoms with E-state index in [4.69, 9.17) is 34.3 Å². The summed E-state index contributed by atoms with van der Waals surface area (Å²) in [5.74, 6) is -0.587. The van der Waals surface area contributed by atoms with Crippen molar-refractivity contribution in [1.29, 1.82) is 0 Å². The zero-order chi connectivity index (χ0) is 35.0. The number of H-pyrrole nitrogens is 2. The first-order valence-corrected chi connectivity index (χ1v) is 16.3. The monoisotopic (exact) mass is 695 g/mol. The maximum Gasteiger partial charge on any atom is 0.405 e. The Bertz CT molecular complexity index is 1760. The van der Waals surface area contributed by atoms with Crippen LogP contribution in [-0.4, -0.2) is 75.7 Å². The molecule has 7 atom stereocenters. The molecule has 260 valence electrons. The van der Waals surface area contributed by atoms with Gasteiger partial charge in [-0.1, -0.05) is 10.2 Å². The minimum atomic E-state index is -4.34. The third-order valence-electron chi connectivity index (χ3n) is 7.48. The molecule has 1 unspecified atom stereocenters. The highest BCUT2D eigenvalue weighted by molar-refractivity contribution is 7.51. The molecule has 4 heterocycles. The highest BCUT2D eigenvalue weighted by atomic mass is 31.2. The van der Waals surface area contributed by atoms with Crippen molar-refractivity contribution in [2.75, 3.05) is 26.4 Å². The topological polar surface area (TPSA) is 300 Å². The Morgan fingerprint density at radius 1 is 0.938 bits per heavy atom. The maximum absolute atomic E-state index is 14.0. The highest BCUT2D eigenvalue weighted by Gasteiger charge is 2.41. The molecule has 2 aromatic heterocycles. The molecule has 0 bridgehead atoms. The van der Waals surface area contributed by atoms with E-state index in [0.29, 0.717) is 0 Å². The lowest BCUT2D eigenvalue weighted by Crippen LogP contribution is -2.34. The number of carbonyl (C=O) groups is 1. The molecule has 2 aromatic rings. The predicted molar refractivity (Wildman–Crippen MR) is 164 cm³/mol. The van der Waals surface area contributed by atoms with Crippen molar-refractivity contribution in [1.82, 2.24) is 24.2 Å². The Labute approximate surface area is 270 Å². The molecule has 2 aliphatic rings. The van der Waals surface area contributed by atoms with E-state index in [-0.39, 0.29) is 43.5 Å². The van der Waals surface area contributed by atoms with E-state index in [1.165, 1.54) is 26.2 Å². The SMILES string of the molecule is CCOC(=O)CCNP(=O)(OC[C@@H]1O[C@H](n2cc(C)c(=O)[nH]c2=O)C[C@H]1N=[N+]=[N-])OC[C@H]1O[C@@H](n2cc(C)c(=O)[nH]c2=O)C[C@@H]1N=[N+]=[N-]. The molecule has 22 nitrogen and oxygen atoms in total. The second-order valence-corrected chi connectivity index (χ2v) is 12.6. The number of hydrogen-bond donors (Lipinski definition) is 3. The summed E-state index contributed by atoms with van der Waals surface area (Å²) in [4.78, 5) is 70.4. The highest BCUT2D eigenvalue weighted by Crippen LogP contribution is 2.46. The number of hydrogen-bond acceptors (Lipinski definition) is 13. The van der Waals surface area contributed by atoms with Gasteiger partial charge in [0.2, 0.25) is 0 Å². The average molecular weight is 696 g/mol. The third-order valence-corrected chi connectivity index (χ3v) is 9.07. The number of nitrogens with one attached hydrogen (secondary N) is 3. The van der Waals surface area contributed by atoms with E-state index in [1.807, 2.05) is 0 Å². The number of carbonyl (C=O) groups excluding carboxylic acids is 1. The number of aromatic nitrogens is 4. The van der Waals surface area contributed by atoms with Crippen LogP contribution < -0.4 is 27.6 Å². The Hall–Kier alpha value is -4.52. The minimum absolute atomic E-state index is 0.0136. The Morgan fingerprint density at radius 3 is 1.81 bits per heavy atom. The molecule has 2 fully saturated rings. The molecule has 0 amide bonds. The molecule has 2 saturated heterocycles. The molecular weight excluding hydrogens is 661 g/mol. The van der Waals surface area contributed by atoms with Gasteiger partial charge in [0, 0.05) is 52.7 Å². The molecule has 0 radical (unpaired) electrons. The van der Waals surface area contributed by atoms with Crippen molar-refractivity contribution in [2.24, 2.45) is 10.2 Å². The lowest BCUT2D eigenvalue weighted by Gasteiger charge is -2.24. The van der Waals surface area contributed by atoms with Gasteiger partial charge >= 0.3 is 25.1 Å². The number of azide groups is 2. The first kappa shape index (κ1) is 36.3. The zero-order valence-electron chi connectivity index (χ0n) is 26.1. The van der Waals surface area contributed by atoms with Crippen LogP contribution in [0.25, 0.3) is 20.9 Å². The third kappa shape index (κ3) is 8.88. The van der Waals surface area contributed by atoms with Crippen molar-refractivity contribution < 1.29 is 32.6 Å². The molecule has 0 aromatic carbocycles. The second-order valence-electron chi connectivity index (χ2n) is 10.8. The van der Waals surface area contributed by atoms with Crippen LogP contribution in [0.5, 0.6) is 0 Å². The summed E-state index contributed by atoms with van der Waals surface area (Å²) in [5, 5.41) is 9.98. The standard InChI is InChI=1S/C25H34N11O11P/c1-4-43-21(37)5-6-28-48(42,44-11-17-15(31-33-26)7-19(46-17)35-9-13(2)22(38)29-24(35)40)45-12-18-16(32-34-27)8-20(47-18)36-10-14(3)23(39)30-25(36)41/h9-10,15-20H,4-8,11-12H2,1-3H3,(H,28,42)(H,29,38,40)(H,30,39,41)/t15-,16+,17+,18-,19+,20-,48?. The largest absolute Gasteiger partial charge is 0.466 e. The lowest BCUT2D eigenvalue weighted by atomic mass is 10.1. The Morgan fingerprint density at radius 2 is 1.40 bits per heavy atom. The van der Waals surface area contributed by atoms with E-state index < -0.39 is 86.2 Å². The fourth-order valence-electron chi connectivity index (χ4n) is 5.05. The van der Waals surface area contributed by atoms with Crippen LogP contribution in [0.4, 0.5) is 0 Å². The van der Waals surface area contributed by atoms with Gasteiger partial charge in [0.25, 0.3) is 11.1 Å². The van der Waals surface area contributed by atoms with Crippen LogP contribution in [0.15, 0.2) is 41.8 Å². The van der Waals surface area contributed by atoms with Crippen molar-refractivity contribution in [3.05, 3.63) is 86.1 Å². The molecule has 2 aliphatic heterocycles. The van der Waals surface area contributed by atoms with Gasteiger partial charge in [-0.05, 0) is 31.8 Å². The summed E-state index contributed by atoms with van der Waals surface area (Å²) in [6, 6.07) is -1.78. The quantitative estimate of drug-likeness (QED) is 0.0781. The van der Waals surface area contributed by atoms with Crippen LogP contribution >= 0.6 is 7.75 Å². The summed E-state index contributed by atoms with van der Waals surface area (Å²) in [5.41, 5.74) is 16.1. The van der Waals surface area contributed by atoms with Crippen LogP contribution in [0.3, 0.4) is 0 Å². The van der Waals surface area contributed by atoms with Gasteiger partial charge in [-0.25, -0.2) is 19.2 Å². The normalized spacial score (nSPS) is 24.7. The summed E-state index contributed by atoms with van der Waals surface area (Å²) in [6.07, 6.45) is -1.60. The molecule has 23 heteroatoms. The Kier molecular flexibility index (Phi) is 12.1. The molecule has 0 aliphatic carbocycles. The molecule has 48 heavy (non-hydrogen) atoms. The number of aryl methyl sites for hydroxylation is 2. The van der Waals surface area contributed by atoms with Gasteiger partial charge in [-0.3, -0.25) is 42.5 Å². The average Bonchev–Trinajstić information content (AvgIpc) is 3.63. The molecule has 4 rings (SSSR count). The number of ether oxygens (including phenoxy) is 3. The lowest BCUT2D eigenvalue weighted by molar-refractivity contribution is -0.142. The fourth-order valence-corrected chi connectivity index (χ4v) is 6.38. The molecule has 3 N–H and O–H groups in total. The maximum atomic E-state index is 14.0. The van der Waals surface area contributed by atoms with Crippen LogP contribution in [-0.2, 0) is 32.6 Å². The molecule has 0 saturated carbocycles. The van der Waals surface area contributed by atoms with E-state index >= 15 is 0 Å². The van der Waals surface area contributed by atoms with E-state index in [1.54, 1.807) is 6.92 Å². The number of esters is 1. The van der Waals surface area contributed by atoms with Gasteiger partial charge in [-0.15, -0.1) is 0 Å². The van der Waals surface area contributed by atoms with Gasteiger partial charge in [0.1, 0.15) is 12.5 Å². The van der Waals surface area contributed by atoms with E-state index in [9.17, 15) is 28.5 Å². The van der Waals surface area contributed by atoms with Gasteiger partial charge < -0.3 is 14.2 Å². The first-order chi connectivity index (χ1) is 22.9. The first-order valence-electron chi connectivity index (χ1n) is 14.7. The summed E-state index contributed by atoms with van der Waals surface area (Å²) < 4.78 is 44.3. The number of nitrogens with zero attached hydrogens (tertiary/aromatic N) is 8. The van der Waals surface area contributed by atoms with Gasteiger partial charge in [-0.2, -0.15) is 0 Å². The van der Waals surface area contributed by atoms with E-state index in [2.05, 4.69) is 35.1 Å². The van der Waals surface area contributed by atoms with E-state index in [0.717, 1.165) is 9.13 Å². The summed E-state index contributed by atoms with van der Waals surface area (Å²) in [7, 11) is -4.34. The zero-order valence-corrected chi connectivity index (χ0v) is 27.0. The van der Waals surface area contributed by atoms with Crippen molar-refractivity contribution in [3.63, 3.8) is 0 Å². The smallest absolute Gasteiger partial charge is 0.405 e. The number of aromatic amines is 2.